The van der Waals surface area contributed by atoms with Crippen LogP contribution in [0.4, 0.5) is 0 Å². The number of para-hydroxylation sites is 2. The fourth-order valence-corrected chi connectivity index (χ4v) is 2.11. The van der Waals surface area contributed by atoms with Gasteiger partial charge in [0.05, 0.1) is 11.0 Å². The second-order valence-electron chi connectivity index (χ2n) is 4.76. The van der Waals surface area contributed by atoms with Gasteiger partial charge in [-0.3, -0.25) is 9.36 Å². The molecule has 0 bridgehead atoms. The molecule has 2 N–H and O–H groups in total. The van der Waals surface area contributed by atoms with Gasteiger partial charge in [0.1, 0.15) is 12.1 Å². The topological polar surface area (TPSA) is 70.1 Å². The zero-order chi connectivity index (χ0) is 14.8. The summed E-state index contributed by atoms with van der Waals surface area (Å²) in [6.07, 6.45) is 1.14. The molecule has 21 heavy (non-hydrogen) atoms. The largest absolute Gasteiger partial charge is 0.481 e. The minimum Gasteiger partial charge on any atom is -0.481 e. The second-order valence-corrected chi connectivity index (χ2v) is 4.76. The quantitative estimate of drug-likeness (QED) is 0.797. The maximum absolute atomic E-state index is 11.0. The summed E-state index contributed by atoms with van der Waals surface area (Å²) >= 11 is 0. The fourth-order valence-electron chi connectivity index (χ4n) is 2.11. The Morgan fingerprint density at radius 3 is 2.62 bits per heavy atom. The molecular weight excluding hydrogens is 266 g/mol. The van der Waals surface area contributed by atoms with Gasteiger partial charge < -0.3 is 10.5 Å². The molecule has 2 aromatic carbocycles. The van der Waals surface area contributed by atoms with E-state index in [1.165, 1.54) is 0 Å². The van der Waals surface area contributed by atoms with E-state index in [1.807, 2.05) is 53.1 Å². The predicted octanol–water partition coefficient (Wildman–Crippen LogP) is 2.28. The van der Waals surface area contributed by atoms with Gasteiger partial charge in [0.25, 0.3) is 5.91 Å². The summed E-state index contributed by atoms with van der Waals surface area (Å²) in [7, 11) is 0. The van der Waals surface area contributed by atoms with Gasteiger partial charge in [0.2, 0.25) is 0 Å². The number of imidazole rings is 1. The monoisotopic (exact) mass is 281 g/mol. The van der Waals surface area contributed by atoms with E-state index in [-0.39, 0.29) is 0 Å². The Balaban J connectivity index is 1.89. The van der Waals surface area contributed by atoms with Gasteiger partial charge in [-0.25, -0.2) is 4.98 Å². The van der Waals surface area contributed by atoms with Crippen LogP contribution in [0.2, 0.25) is 0 Å². The molecule has 0 radical (unpaired) electrons. The average Bonchev–Trinajstić information content (AvgIpc) is 2.92. The molecule has 0 aliphatic heterocycles. The third kappa shape index (κ3) is 2.58. The van der Waals surface area contributed by atoms with E-state index in [9.17, 15) is 4.79 Å². The Morgan fingerprint density at radius 2 is 1.90 bits per heavy atom. The molecule has 0 saturated heterocycles. The van der Waals surface area contributed by atoms with Crippen LogP contribution in [0.1, 0.15) is 6.92 Å². The molecule has 0 spiro atoms. The number of carbonyl (C=O) groups excluding carboxylic acids is 1. The number of hydrogen-bond acceptors (Lipinski definition) is 3. The first-order chi connectivity index (χ1) is 10.1. The first-order valence-electron chi connectivity index (χ1n) is 6.63. The van der Waals surface area contributed by atoms with Gasteiger partial charge in [-0.15, -0.1) is 0 Å². The van der Waals surface area contributed by atoms with Crippen molar-refractivity contribution in [2.24, 2.45) is 5.73 Å². The third-order valence-corrected chi connectivity index (χ3v) is 3.28. The van der Waals surface area contributed by atoms with Crippen LogP contribution in [-0.4, -0.2) is 21.6 Å². The lowest BCUT2D eigenvalue weighted by Crippen LogP contribution is -2.30. The number of primary amides is 1. The number of nitrogens with zero attached hydrogens (tertiary/aromatic N) is 2. The van der Waals surface area contributed by atoms with Crippen LogP contribution < -0.4 is 10.5 Å². The Morgan fingerprint density at radius 1 is 1.19 bits per heavy atom. The highest BCUT2D eigenvalue weighted by Crippen LogP contribution is 2.20. The smallest absolute Gasteiger partial charge is 0.258 e. The molecular formula is C16H15N3O2. The molecule has 3 aromatic rings. The van der Waals surface area contributed by atoms with E-state index >= 15 is 0 Å². The van der Waals surface area contributed by atoms with Crippen molar-refractivity contribution in [3.8, 4) is 11.4 Å². The van der Waals surface area contributed by atoms with Gasteiger partial charge >= 0.3 is 0 Å². The summed E-state index contributed by atoms with van der Waals surface area (Å²) in [6.45, 7) is 1.62. The number of nitrogens with two attached hydrogens (primary N) is 1. The van der Waals surface area contributed by atoms with E-state index in [1.54, 1.807) is 13.3 Å². The Kier molecular flexibility index (Phi) is 3.31. The van der Waals surface area contributed by atoms with Crippen LogP contribution in [0, 0.1) is 0 Å². The third-order valence-electron chi connectivity index (χ3n) is 3.28. The SMILES string of the molecule is CC(Oc1ccc(-n2cnc3ccccc32)cc1)C(N)=O. The van der Waals surface area contributed by atoms with Gasteiger partial charge in [-0.2, -0.15) is 0 Å². The average molecular weight is 281 g/mol. The first-order valence-corrected chi connectivity index (χ1v) is 6.63. The van der Waals surface area contributed by atoms with Crippen molar-refractivity contribution in [1.29, 1.82) is 0 Å². The molecule has 3 rings (SSSR count). The van der Waals surface area contributed by atoms with Crippen molar-refractivity contribution in [2.75, 3.05) is 0 Å². The van der Waals surface area contributed by atoms with Crippen LogP contribution in [0.5, 0.6) is 5.75 Å². The zero-order valence-corrected chi connectivity index (χ0v) is 11.6. The Bertz CT molecular complexity index is 778. The number of aromatic nitrogens is 2. The maximum Gasteiger partial charge on any atom is 0.258 e. The minimum atomic E-state index is -0.648. The highest BCUT2D eigenvalue weighted by atomic mass is 16.5. The number of ether oxygens (including phenoxy) is 1. The number of benzene rings is 2. The lowest BCUT2D eigenvalue weighted by Gasteiger charge is -2.12. The molecule has 0 aliphatic carbocycles. The van der Waals surface area contributed by atoms with Crippen LogP contribution in [0.25, 0.3) is 16.7 Å². The minimum absolute atomic E-state index is 0.486. The maximum atomic E-state index is 11.0. The van der Waals surface area contributed by atoms with Crippen molar-refractivity contribution in [1.82, 2.24) is 9.55 Å². The highest BCUT2D eigenvalue weighted by molar-refractivity contribution is 5.79. The van der Waals surface area contributed by atoms with Crippen LogP contribution in [0.15, 0.2) is 54.9 Å². The molecule has 1 aromatic heterocycles. The van der Waals surface area contributed by atoms with Crippen molar-refractivity contribution in [3.63, 3.8) is 0 Å². The van der Waals surface area contributed by atoms with E-state index in [4.69, 9.17) is 10.5 Å². The summed E-state index contributed by atoms with van der Waals surface area (Å²) in [6, 6.07) is 15.4. The molecule has 5 nitrogen and oxygen atoms in total. The summed E-state index contributed by atoms with van der Waals surface area (Å²) in [5.41, 5.74) is 8.13. The normalized spacial score (nSPS) is 12.2. The van der Waals surface area contributed by atoms with E-state index < -0.39 is 12.0 Å². The lowest BCUT2D eigenvalue weighted by atomic mass is 10.2. The molecule has 1 amide bonds. The van der Waals surface area contributed by atoms with Crippen LogP contribution >= 0.6 is 0 Å². The van der Waals surface area contributed by atoms with Crippen molar-refractivity contribution in [3.05, 3.63) is 54.9 Å². The summed E-state index contributed by atoms with van der Waals surface area (Å²) in [5, 5.41) is 0. The Hall–Kier alpha value is -2.82. The molecule has 5 heteroatoms. The van der Waals surface area contributed by atoms with Gasteiger partial charge in [0, 0.05) is 5.69 Å². The van der Waals surface area contributed by atoms with E-state index in [0.717, 1.165) is 16.7 Å². The molecule has 1 heterocycles. The lowest BCUT2D eigenvalue weighted by molar-refractivity contribution is -0.123. The summed E-state index contributed by atoms with van der Waals surface area (Å²) in [5.74, 6) is 0.120. The summed E-state index contributed by atoms with van der Waals surface area (Å²) < 4.78 is 7.43. The standard InChI is InChI=1S/C16H15N3O2/c1-11(16(17)20)21-13-8-6-12(7-9-13)19-10-18-14-4-2-3-5-15(14)19/h2-11H,1H3,(H2,17,20). The fraction of sp³-hybridized carbons (Fsp3) is 0.125. The molecule has 0 fully saturated rings. The Labute approximate surface area is 122 Å². The predicted molar refractivity (Wildman–Crippen MR) is 80.4 cm³/mol. The van der Waals surface area contributed by atoms with E-state index in [0.29, 0.717) is 5.75 Å². The second kappa shape index (κ2) is 5.28. The first kappa shape index (κ1) is 13.2. The molecule has 1 unspecified atom stereocenters. The summed E-state index contributed by atoms with van der Waals surface area (Å²) in [4.78, 5) is 15.3. The number of fused-ring (bicyclic) bond motifs is 1. The highest BCUT2D eigenvalue weighted by Gasteiger charge is 2.10. The van der Waals surface area contributed by atoms with Crippen LogP contribution in [-0.2, 0) is 4.79 Å². The molecule has 1 atom stereocenters. The number of amides is 1. The van der Waals surface area contributed by atoms with Gasteiger partial charge in [-0.1, -0.05) is 12.1 Å². The molecule has 106 valence electrons. The number of carbonyl (C=O) groups is 1. The zero-order valence-electron chi connectivity index (χ0n) is 11.6. The van der Waals surface area contributed by atoms with Crippen molar-refractivity contribution in [2.45, 2.75) is 13.0 Å². The number of hydrogen-bond donors (Lipinski definition) is 1. The van der Waals surface area contributed by atoms with Crippen molar-refractivity contribution >= 4 is 16.9 Å². The number of rotatable bonds is 4. The van der Waals surface area contributed by atoms with Crippen molar-refractivity contribution < 1.29 is 9.53 Å². The van der Waals surface area contributed by atoms with Crippen LogP contribution in [0.3, 0.4) is 0 Å². The molecule has 0 aliphatic rings. The van der Waals surface area contributed by atoms with E-state index in [2.05, 4.69) is 4.98 Å². The molecule has 0 saturated carbocycles. The van der Waals surface area contributed by atoms with Gasteiger partial charge in [0.15, 0.2) is 6.10 Å². The van der Waals surface area contributed by atoms with Gasteiger partial charge in [-0.05, 0) is 43.3 Å².